The van der Waals surface area contributed by atoms with Gasteiger partial charge in [-0.2, -0.15) is 0 Å². The van der Waals surface area contributed by atoms with Crippen LogP contribution in [0.15, 0.2) is 61.2 Å². The molecule has 2 N–H and O–H groups in total. The largest absolute Gasteiger partial charge is 0.354 e. The molecule has 0 saturated carbocycles. The molecule has 1 aliphatic rings. The number of nitrogens with one attached hydrogen (secondary N) is 2. The number of anilines is 2. The van der Waals surface area contributed by atoms with Crippen LogP contribution in [0.2, 0.25) is 0 Å². The van der Waals surface area contributed by atoms with Crippen molar-refractivity contribution in [2.45, 2.75) is 12.8 Å². The van der Waals surface area contributed by atoms with E-state index in [2.05, 4.69) is 17.2 Å². The molecule has 3 rings (SSSR count). The molecule has 0 aliphatic carbocycles. The first-order chi connectivity index (χ1) is 13.1. The average Bonchev–Trinajstić information content (AvgIpc) is 2.99. The molecule has 0 unspecified atom stereocenters. The molecule has 2 aromatic rings. The fraction of sp³-hybridized carbons (Fsp3) is 0.190. The standard InChI is InChI=1S/C21H21N3O3/c1-2-19(25)23-17-9-7-15(8-10-17)13-20(26)22-11-12-24-18-6-4-3-5-16(18)14-21(24)27/h2-10H,1,11-14H2,(H,22,26)(H,23,25). The molecule has 0 aromatic heterocycles. The third-order valence-corrected chi connectivity index (χ3v) is 4.35. The second kappa shape index (κ2) is 8.31. The number of rotatable bonds is 7. The molecule has 0 spiro atoms. The third kappa shape index (κ3) is 4.61. The van der Waals surface area contributed by atoms with Crippen LogP contribution >= 0.6 is 0 Å². The lowest BCUT2D eigenvalue weighted by molar-refractivity contribution is -0.121. The molecule has 6 nitrogen and oxygen atoms in total. The molecule has 2 aromatic carbocycles. The van der Waals surface area contributed by atoms with Gasteiger partial charge in [0, 0.05) is 24.5 Å². The molecule has 1 aliphatic heterocycles. The van der Waals surface area contributed by atoms with E-state index in [9.17, 15) is 14.4 Å². The molecular weight excluding hydrogens is 342 g/mol. The zero-order chi connectivity index (χ0) is 19.2. The van der Waals surface area contributed by atoms with Crippen molar-refractivity contribution in [1.29, 1.82) is 0 Å². The van der Waals surface area contributed by atoms with E-state index in [1.807, 2.05) is 24.3 Å². The molecule has 0 saturated heterocycles. The number of carbonyl (C=O) groups is 3. The van der Waals surface area contributed by atoms with Crippen LogP contribution in [0.5, 0.6) is 0 Å². The molecule has 3 amide bonds. The SMILES string of the molecule is C=CC(=O)Nc1ccc(CC(=O)NCCN2C(=O)Cc3ccccc32)cc1. The summed E-state index contributed by atoms with van der Waals surface area (Å²) in [6.07, 6.45) is 1.85. The predicted molar refractivity (Wildman–Crippen MR) is 104 cm³/mol. The van der Waals surface area contributed by atoms with Crippen LogP contribution < -0.4 is 15.5 Å². The highest BCUT2D eigenvalue weighted by molar-refractivity contribution is 6.01. The maximum absolute atomic E-state index is 12.1. The van der Waals surface area contributed by atoms with E-state index in [-0.39, 0.29) is 24.1 Å². The quantitative estimate of drug-likeness (QED) is 0.739. The smallest absolute Gasteiger partial charge is 0.247 e. The van der Waals surface area contributed by atoms with Crippen LogP contribution in [0.3, 0.4) is 0 Å². The van der Waals surface area contributed by atoms with Crippen LogP contribution in [-0.2, 0) is 27.2 Å². The van der Waals surface area contributed by atoms with Crippen LogP contribution in [0, 0.1) is 0 Å². The molecule has 0 atom stereocenters. The number of para-hydroxylation sites is 1. The number of benzene rings is 2. The fourth-order valence-corrected chi connectivity index (χ4v) is 3.02. The van der Waals surface area contributed by atoms with Gasteiger partial charge in [-0.15, -0.1) is 0 Å². The normalized spacial score (nSPS) is 12.4. The number of fused-ring (bicyclic) bond motifs is 1. The second-order valence-electron chi connectivity index (χ2n) is 6.27. The zero-order valence-corrected chi connectivity index (χ0v) is 14.9. The summed E-state index contributed by atoms with van der Waals surface area (Å²) in [4.78, 5) is 37.2. The van der Waals surface area contributed by atoms with Crippen LogP contribution in [0.1, 0.15) is 11.1 Å². The highest BCUT2D eigenvalue weighted by Gasteiger charge is 2.26. The van der Waals surface area contributed by atoms with Crippen LogP contribution in [0.4, 0.5) is 11.4 Å². The Kier molecular flexibility index (Phi) is 5.66. The molecule has 138 valence electrons. The molecule has 1 heterocycles. The van der Waals surface area contributed by atoms with Gasteiger partial charge >= 0.3 is 0 Å². The minimum absolute atomic E-state index is 0.0580. The van der Waals surface area contributed by atoms with Gasteiger partial charge < -0.3 is 15.5 Å². The molecule has 0 radical (unpaired) electrons. The van der Waals surface area contributed by atoms with E-state index in [1.165, 1.54) is 6.08 Å². The van der Waals surface area contributed by atoms with Gasteiger partial charge in [0.1, 0.15) is 0 Å². The number of hydrogen-bond donors (Lipinski definition) is 2. The first-order valence-electron chi connectivity index (χ1n) is 8.74. The monoisotopic (exact) mass is 363 g/mol. The lowest BCUT2D eigenvalue weighted by Crippen LogP contribution is -2.37. The Morgan fingerprint density at radius 2 is 1.85 bits per heavy atom. The summed E-state index contributed by atoms with van der Waals surface area (Å²) in [5.41, 5.74) is 3.44. The lowest BCUT2D eigenvalue weighted by Gasteiger charge is -2.17. The molecule has 0 bridgehead atoms. The molecule has 27 heavy (non-hydrogen) atoms. The van der Waals surface area contributed by atoms with E-state index < -0.39 is 0 Å². The summed E-state index contributed by atoms with van der Waals surface area (Å²) in [6, 6.07) is 14.8. The van der Waals surface area contributed by atoms with Gasteiger partial charge in [-0.05, 0) is 35.4 Å². The Morgan fingerprint density at radius 3 is 2.59 bits per heavy atom. The summed E-state index contributed by atoms with van der Waals surface area (Å²) in [5, 5.41) is 5.50. The number of carbonyl (C=O) groups excluding carboxylic acids is 3. The maximum atomic E-state index is 12.1. The Balaban J connectivity index is 1.47. The maximum Gasteiger partial charge on any atom is 0.247 e. The summed E-state index contributed by atoms with van der Waals surface area (Å²) in [5.74, 6) is -0.334. The Bertz CT molecular complexity index is 874. The van der Waals surface area contributed by atoms with Gasteiger partial charge in [-0.3, -0.25) is 14.4 Å². The van der Waals surface area contributed by atoms with Crippen molar-refractivity contribution in [3.05, 3.63) is 72.3 Å². The van der Waals surface area contributed by atoms with Gasteiger partial charge in [-0.25, -0.2) is 0 Å². The van der Waals surface area contributed by atoms with Gasteiger partial charge in [0.2, 0.25) is 17.7 Å². The summed E-state index contributed by atoms with van der Waals surface area (Å²) in [7, 11) is 0. The predicted octanol–water partition coefficient (Wildman–Crippen LogP) is 2.06. The fourth-order valence-electron chi connectivity index (χ4n) is 3.02. The minimum atomic E-state index is -0.279. The number of nitrogens with zero attached hydrogens (tertiary/aromatic N) is 1. The van der Waals surface area contributed by atoms with Crippen molar-refractivity contribution in [2.24, 2.45) is 0 Å². The van der Waals surface area contributed by atoms with E-state index in [0.717, 1.165) is 16.8 Å². The van der Waals surface area contributed by atoms with Crippen LogP contribution in [-0.4, -0.2) is 30.8 Å². The highest BCUT2D eigenvalue weighted by Crippen LogP contribution is 2.27. The summed E-state index contributed by atoms with van der Waals surface area (Å²) < 4.78 is 0. The van der Waals surface area contributed by atoms with Gasteiger partial charge in [-0.1, -0.05) is 36.9 Å². The summed E-state index contributed by atoms with van der Waals surface area (Å²) >= 11 is 0. The van der Waals surface area contributed by atoms with Gasteiger partial charge in [0.15, 0.2) is 0 Å². The van der Waals surface area contributed by atoms with Crippen molar-refractivity contribution < 1.29 is 14.4 Å². The average molecular weight is 363 g/mol. The molecular formula is C21H21N3O3. The Labute approximate surface area is 157 Å². The van der Waals surface area contributed by atoms with Crippen molar-refractivity contribution in [2.75, 3.05) is 23.3 Å². The van der Waals surface area contributed by atoms with Crippen molar-refractivity contribution in [1.82, 2.24) is 5.32 Å². The van der Waals surface area contributed by atoms with Crippen molar-refractivity contribution >= 4 is 29.1 Å². The molecule has 0 fully saturated rings. The summed E-state index contributed by atoms with van der Waals surface area (Å²) in [6.45, 7) is 4.25. The third-order valence-electron chi connectivity index (χ3n) is 4.35. The van der Waals surface area contributed by atoms with E-state index in [0.29, 0.717) is 25.2 Å². The lowest BCUT2D eigenvalue weighted by atomic mass is 10.1. The second-order valence-corrected chi connectivity index (χ2v) is 6.27. The van der Waals surface area contributed by atoms with Crippen LogP contribution in [0.25, 0.3) is 0 Å². The van der Waals surface area contributed by atoms with Crippen molar-refractivity contribution in [3.8, 4) is 0 Å². The topological polar surface area (TPSA) is 78.5 Å². The van der Waals surface area contributed by atoms with Gasteiger partial charge in [0.25, 0.3) is 0 Å². The van der Waals surface area contributed by atoms with E-state index in [1.54, 1.807) is 29.2 Å². The van der Waals surface area contributed by atoms with Crippen molar-refractivity contribution in [3.63, 3.8) is 0 Å². The highest BCUT2D eigenvalue weighted by atomic mass is 16.2. The molecule has 6 heteroatoms. The van der Waals surface area contributed by atoms with Gasteiger partial charge in [0.05, 0.1) is 12.8 Å². The van der Waals surface area contributed by atoms with E-state index in [4.69, 9.17) is 0 Å². The zero-order valence-electron chi connectivity index (χ0n) is 14.9. The first-order valence-corrected chi connectivity index (χ1v) is 8.74. The van der Waals surface area contributed by atoms with E-state index >= 15 is 0 Å². The Morgan fingerprint density at radius 1 is 1.11 bits per heavy atom. The number of hydrogen-bond acceptors (Lipinski definition) is 3. The first kappa shape index (κ1) is 18.4. The Hall–Kier alpha value is -3.41. The minimum Gasteiger partial charge on any atom is -0.354 e. The number of amides is 3.